The lowest BCUT2D eigenvalue weighted by atomic mass is 9.96. The lowest BCUT2D eigenvalue weighted by molar-refractivity contribution is 0.0709. The van der Waals surface area contributed by atoms with Crippen molar-refractivity contribution in [3.05, 3.63) is 86.7 Å². The van der Waals surface area contributed by atoms with Gasteiger partial charge in [-0.2, -0.15) is 0 Å². The van der Waals surface area contributed by atoms with Crippen molar-refractivity contribution in [2.75, 3.05) is 32.8 Å². The van der Waals surface area contributed by atoms with Crippen LogP contribution in [0.4, 0.5) is 4.79 Å². The smallest absolute Gasteiger partial charge is 0.409 e. The van der Waals surface area contributed by atoms with Crippen LogP contribution < -0.4 is 5.56 Å². The van der Waals surface area contributed by atoms with Gasteiger partial charge in [-0.1, -0.05) is 23.7 Å². The van der Waals surface area contributed by atoms with Gasteiger partial charge in [-0.05, 0) is 49.7 Å². The summed E-state index contributed by atoms with van der Waals surface area (Å²) in [5.74, 6) is 0.582. The average molecular weight is 486 g/mol. The third kappa shape index (κ3) is 4.98. The lowest BCUT2D eigenvalue weighted by Gasteiger charge is -2.39. The molecule has 1 amide bonds. The first-order valence-electron chi connectivity index (χ1n) is 11.3. The molecule has 1 aliphatic heterocycles. The highest BCUT2D eigenvalue weighted by Gasteiger charge is 2.32. The molecule has 1 saturated heterocycles. The molecule has 0 radical (unpaired) electrons. The predicted molar refractivity (Wildman–Crippen MR) is 128 cm³/mol. The fourth-order valence-electron chi connectivity index (χ4n) is 4.36. The summed E-state index contributed by atoms with van der Waals surface area (Å²) < 4.78 is 12.2. The minimum atomic E-state index is -0.516. The number of furan rings is 1. The molecule has 3 aromatic rings. The summed E-state index contributed by atoms with van der Waals surface area (Å²) in [5, 5.41) is 11.6. The molecular formula is C25H28ClN3O5. The number of piperazine rings is 1. The molecule has 1 fully saturated rings. The van der Waals surface area contributed by atoms with Crippen LogP contribution in [0.1, 0.15) is 35.5 Å². The van der Waals surface area contributed by atoms with Crippen LogP contribution >= 0.6 is 11.6 Å². The Hall–Kier alpha value is -3.23. The van der Waals surface area contributed by atoms with Crippen LogP contribution in [0.2, 0.25) is 5.02 Å². The molecule has 0 bridgehead atoms. The number of aromatic nitrogens is 1. The molecule has 1 unspecified atom stereocenters. The van der Waals surface area contributed by atoms with E-state index >= 15 is 0 Å². The number of hydrogen-bond donors (Lipinski definition) is 1. The van der Waals surface area contributed by atoms with Gasteiger partial charge in [0.2, 0.25) is 0 Å². The molecule has 180 valence electrons. The largest absolute Gasteiger partial charge is 0.507 e. The fraction of sp³-hybridized carbons (Fsp3) is 0.360. The second-order valence-corrected chi connectivity index (χ2v) is 8.67. The van der Waals surface area contributed by atoms with Gasteiger partial charge in [-0.3, -0.25) is 9.69 Å². The van der Waals surface area contributed by atoms with Crippen LogP contribution in [0.15, 0.2) is 57.9 Å². The molecule has 8 nitrogen and oxygen atoms in total. The number of pyridine rings is 1. The van der Waals surface area contributed by atoms with E-state index in [0.29, 0.717) is 49.3 Å². The Morgan fingerprint density at radius 2 is 1.88 bits per heavy atom. The first kappa shape index (κ1) is 23.9. The number of nitrogens with zero attached hydrogens (tertiary/aromatic N) is 3. The van der Waals surface area contributed by atoms with Gasteiger partial charge in [0.1, 0.15) is 11.5 Å². The van der Waals surface area contributed by atoms with E-state index < -0.39 is 6.04 Å². The summed E-state index contributed by atoms with van der Waals surface area (Å²) in [4.78, 5) is 29.7. The van der Waals surface area contributed by atoms with Crippen LogP contribution in [-0.4, -0.2) is 58.4 Å². The summed E-state index contributed by atoms with van der Waals surface area (Å²) in [7, 11) is 0. The average Bonchev–Trinajstić information content (AvgIpc) is 3.34. The third-order valence-corrected chi connectivity index (χ3v) is 6.33. The van der Waals surface area contributed by atoms with Gasteiger partial charge in [0.25, 0.3) is 5.56 Å². The van der Waals surface area contributed by atoms with Crippen LogP contribution in [0, 0.1) is 6.92 Å². The van der Waals surface area contributed by atoms with Gasteiger partial charge < -0.3 is 23.7 Å². The zero-order valence-electron chi connectivity index (χ0n) is 19.2. The molecule has 2 aromatic heterocycles. The van der Waals surface area contributed by atoms with Crippen molar-refractivity contribution in [1.29, 1.82) is 0 Å². The van der Waals surface area contributed by atoms with E-state index in [0.717, 1.165) is 5.56 Å². The van der Waals surface area contributed by atoms with E-state index in [1.807, 2.05) is 18.2 Å². The molecule has 1 N–H and O–H groups in total. The standard InChI is InChI=1S/C25H28ClN3O5/c1-3-33-25(32)28-12-10-27(11-13-28)23(18-6-8-19(26)9-7-18)22-21(30)15-17(2)29(24(22)31)16-20-5-4-14-34-20/h4-9,14-15,23,30H,3,10-13,16H2,1-2H3. The van der Waals surface area contributed by atoms with Crippen molar-refractivity contribution in [1.82, 2.24) is 14.4 Å². The number of hydrogen-bond acceptors (Lipinski definition) is 6. The summed E-state index contributed by atoms with van der Waals surface area (Å²) in [6.07, 6.45) is 1.22. The number of ether oxygens (including phenoxy) is 1. The molecule has 0 saturated carbocycles. The van der Waals surface area contributed by atoms with Crippen molar-refractivity contribution in [3.8, 4) is 5.75 Å². The topological polar surface area (TPSA) is 88.2 Å². The molecular weight excluding hydrogens is 458 g/mol. The van der Waals surface area contributed by atoms with Crippen LogP contribution in [0.5, 0.6) is 5.75 Å². The quantitative estimate of drug-likeness (QED) is 0.567. The lowest BCUT2D eigenvalue weighted by Crippen LogP contribution is -2.50. The molecule has 4 rings (SSSR count). The number of carbonyl (C=O) groups excluding carboxylic acids is 1. The van der Waals surface area contributed by atoms with Gasteiger partial charge in [0, 0.05) is 36.9 Å². The van der Waals surface area contributed by atoms with Crippen LogP contribution in [0.3, 0.4) is 0 Å². The molecule has 3 heterocycles. The molecule has 9 heteroatoms. The van der Waals surface area contributed by atoms with E-state index in [1.165, 1.54) is 0 Å². The van der Waals surface area contributed by atoms with E-state index in [9.17, 15) is 14.7 Å². The molecule has 1 aliphatic rings. The Morgan fingerprint density at radius 1 is 1.18 bits per heavy atom. The first-order chi connectivity index (χ1) is 16.4. The molecule has 1 aromatic carbocycles. The van der Waals surface area contributed by atoms with Crippen LogP contribution in [-0.2, 0) is 11.3 Å². The van der Waals surface area contributed by atoms with Crippen molar-refractivity contribution in [2.24, 2.45) is 0 Å². The Labute approximate surface area is 202 Å². The normalized spacial score (nSPS) is 15.3. The molecule has 0 aliphatic carbocycles. The highest BCUT2D eigenvalue weighted by molar-refractivity contribution is 6.30. The van der Waals surface area contributed by atoms with Gasteiger partial charge in [0.15, 0.2) is 0 Å². The van der Waals surface area contributed by atoms with E-state index in [-0.39, 0.29) is 29.5 Å². The maximum absolute atomic E-state index is 13.7. The third-order valence-electron chi connectivity index (χ3n) is 6.08. The highest BCUT2D eigenvalue weighted by atomic mass is 35.5. The van der Waals surface area contributed by atoms with Crippen molar-refractivity contribution in [2.45, 2.75) is 26.4 Å². The zero-order valence-corrected chi connectivity index (χ0v) is 20.0. The minimum absolute atomic E-state index is 0.0639. The van der Waals surface area contributed by atoms with E-state index in [4.69, 9.17) is 20.8 Å². The zero-order chi connectivity index (χ0) is 24.2. The Balaban J connectivity index is 1.74. The second kappa shape index (κ2) is 10.4. The highest BCUT2D eigenvalue weighted by Crippen LogP contribution is 2.34. The summed E-state index contributed by atoms with van der Waals surface area (Å²) in [6, 6.07) is 11.9. The van der Waals surface area contributed by atoms with Crippen LogP contribution in [0.25, 0.3) is 0 Å². The summed E-state index contributed by atoms with van der Waals surface area (Å²) in [5.41, 5.74) is 1.45. The number of rotatable bonds is 6. The van der Waals surface area contributed by atoms with Crippen molar-refractivity contribution >= 4 is 17.7 Å². The number of halogens is 1. The number of amides is 1. The number of aryl methyl sites for hydroxylation is 1. The second-order valence-electron chi connectivity index (χ2n) is 8.23. The maximum Gasteiger partial charge on any atom is 0.409 e. The van der Waals surface area contributed by atoms with Gasteiger partial charge in [0.05, 0.1) is 31.0 Å². The summed E-state index contributed by atoms with van der Waals surface area (Å²) in [6.45, 7) is 6.07. The Bertz CT molecular complexity index is 1180. The number of carbonyl (C=O) groups is 1. The molecule has 34 heavy (non-hydrogen) atoms. The summed E-state index contributed by atoms with van der Waals surface area (Å²) >= 11 is 6.12. The van der Waals surface area contributed by atoms with E-state index in [1.54, 1.807) is 53.8 Å². The van der Waals surface area contributed by atoms with Crippen molar-refractivity contribution in [3.63, 3.8) is 0 Å². The Morgan fingerprint density at radius 3 is 2.50 bits per heavy atom. The monoisotopic (exact) mass is 485 g/mol. The number of benzene rings is 1. The van der Waals surface area contributed by atoms with Crippen molar-refractivity contribution < 1.29 is 19.1 Å². The van der Waals surface area contributed by atoms with Gasteiger partial charge >= 0.3 is 6.09 Å². The molecule has 0 spiro atoms. The minimum Gasteiger partial charge on any atom is -0.507 e. The first-order valence-corrected chi connectivity index (χ1v) is 11.6. The fourth-order valence-corrected chi connectivity index (χ4v) is 4.49. The Kier molecular flexibility index (Phi) is 7.29. The van der Waals surface area contributed by atoms with E-state index in [2.05, 4.69) is 4.90 Å². The van der Waals surface area contributed by atoms with Gasteiger partial charge in [-0.25, -0.2) is 4.79 Å². The maximum atomic E-state index is 13.7. The van der Waals surface area contributed by atoms with Gasteiger partial charge in [-0.15, -0.1) is 0 Å². The number of aromatic hydroxyl groups is 1. The molecule has 1 atom stereocenters. The SMILES string of the molecule is CCOC(=O)N1CCN(C(c2ccc(Cl)cc2)c2c(O)cc(C)n(Cc3ccco3)c2=O)CC1. The predicted octanol–water partition coefficient (Wildman–Crippen LogP) is 4.02.